The van der Waals surface area contributed by atoms with E-state index in [4.69, 9.17) is 0 Å². The van der Waals surface area contributed by atoms with E-state index in [0.717, 1.165) is 19.4 Å². The fourth-order valence-electron chi connectivity index (χ4n) is 0.461. The van der Waals surface area contributed by atoms with Gasteiger partial charge in [0.2, 0.25) is 5.91 Å². The van der Waals surface area contributed by atoms with E-state index >= 15 is 0 Å². The van der Waals surface area contributed by atoms with Crippen LogP contribution < -0.4 is 5.32 Å². The van der Waals surface area contributed by atoms with Gasteiger partial charge in [0, 0.05) is 6.54 Å². The van der Waals surface area contributed by atoms with Gasteiger partial charge in [-0.05, 0) is 12.5 Å². The molecule has 0 atom stereocenters. The molecule has 1 amide bonds. The molecule has 0 saturated heterocycles. The molecule has 10 heavy (non-hydrogen) atoms. The van der Waals surface area contributed by atoms with Crippen molar-refractivity contribution >= 4 is 19.4 Å². The fraction of sp³-hybridized carbons (Fsp3) is 0.571. The Bertz CT molecular complexity index is 104. The third kappa shape index (κ3) is 7.56. The van der Waals surface area contributed by atoms with E-state index < -0.39 is 0 Å². The van der Waals surface area contributed by atoms with Crippen LogP contribution in [-0.4, -0.2) is 12.5 Å². The average Bonchev–Trinajstić information content (AvgIpc) is 1.89. The molecule has 0 spiro atoms. The zero-order valence-electron chi connectivity index (χ0n) is 6.31. The van der Waals surface area contributed by atoms with Crippen molar-refractivity contribution < 1.29 is 4.79 Å². The van der Waals surface area contributed by atoms with Crippen LogP contribution in [-0.2, 0) is 4.79 Å². The van der Waals surface area contributed by atoms with E-state index in [1.165, 1.54) is 6.08 Å². The summed E-state index contributed by atoms with van der Waals surface area (Å²) in [6.07, 6.45) is 3.44. The van der Waals surface area contributed by atoms with Crippen molar-refractivity contribution in [1.29, 1.82) is 0 Å². The van der Waals surface area contributed by atoms with Gasteiger partial charge in [-0.1, -0.05) is 19.9 Å². The molecule has 0 unspecified atom stereocenters. The third-order valence-electron chi connectivity index (χ3n) is 1.01. The predicted octanol–water partition coefficient (Wildman–Crippen LogP) is 1.20. The van der Waals surface area contributed by atoms with Crippen LogP contribution in [0, 0.1) is 0 Å². The largest absolute Gasteiger partial charge is 0.353 e. The van der Waals surface area contributed by atoms with Gasteiger partial charge in [-0.3, -0.25) is 4.79 Å². The maximum atomic E-state index is 10.5. The number of amides is 1. The highest BCUT2D eigenvalue weighted by atomic mass is 32.1. The minimum Gasteiger partial charge on any atom is -0.353 e. The van der Waals surface area contributed by atoms with E-state index in [1.54, 1.807) is 0 Å². The lowest BCUT2D eigenvalue weighted by Gasteiger charge is -1.97. The van der Waals surface area contributed by atoms with Crippen LogP contribution in [0.1, 0.15) is 19.8 Å². The number of hydrogen-bond donors (Lipinski definition) is 1. The van der Waals surface area contributed by atoms with Crippen LogP contribution >= 0.6 is 13.5 Å². The first-order valence-corrected chi connectivity index (χ1v) is 3.21. The molecule has 3 heteroatoms. The summed E-state index contributed by atoms with van der Waals surface area (Å²) in [5.41, 5.74) is 0. The topological polar surface area (TPSA) is 29.1 Å². The van der Waals surface area contributed by atoms with Crippen molar-refractivity contribution in [2.24, 2.45) is 0 Å². The molecule has 1 N–H and O–H groups in total. The molecule has 0 saturated carbocycles. The maximum Gasteiger partial charge on any atom is 0.243 e. The molecular formula is C7H15NOS. The molecule has 0 aliphatic heterocycles. The van der Waals surface area contributed by atoms with E-state index in [1.807, 2.05) is 0 Å². The highest BCUT2D eigenvalue weighted by molar-refractivity contribution is 7.59. The number of rotatable bonds is 4. The smallest absolute Gasteiger partial charge is 0.243 e. The van der Waals surface area contributed by atoms with E-state index in [2.05, 4.69) is 18.8 Å². The van der Waals surface area contributed by atoms with Crippen LogP contribution in [0.5, 0.6) is 0 Å². The molecule has 0 bridgehead atoms. The van der Waals surface area contributed by atoms with Crippen LogP contribution in [0.4, 0.5) is 0 Å². The lowest BCUT2D eigenvalue weighted by atomic mass is 10.3. The minimum absolute atomic E-state index is 0. The molecule has 60 valence electrons. The monoisotopic (exact) mass is 161 g/mol. The zero-order chi connectivity index (χ0) is 7.11. The zero-order valence-corrected chi connectivity index (χ0v) is 7.31. The number of nitrogens with one attached hydrogen (secondary N) is 1. The standard InChI is InChI=1S/C7H13NO.H2S/c1-3-5-6-8-7(9)4-2;/h4H,2-3,5-6H2,1H3,(H,8,9);1H2. The van der Waals surface area contributed by atoms with Gasteiger partial charge in [-0.2, -0.15) is 13.5 Å². The Morgan fingerprint density at radius 1 is 1.70 bits per heavy atom. The Hall–Kier alpha value is -0.440. The Morgan fingerprint density at radius 2 is 2.30 bits per heavy atom. The Balaban J connectivity index is 0. The average molecular weight is 161 g/mol. The quantitative estimate of drug-likeness (QED) is 0.487. The second-order valence-corrected chi connectivity index (χ2v) is 1.85. The second-order valence-electron chi connectivity index (χ2n) is 1.85. The first kappa shape index (κ1) is 12.3. The summed E-state index contributed by atoms with van der Waals surface area (Å²) in [6.45, 7) is 6.18. The third-order valence-corrected chi connectivity index (χ3v) is 1.01. The summed E-state index contributed by atoms with van der Waals surface area (Å²) in [7, 11) is 0. The molecular weight excluding hydrogens is 146 g/mol. The molecule has 0 aliphatic rings. The first-order chi connectivity index (χ1) is 4.31. The Morgan fingerprint density at radius 3 is 2.70 bits per heavy atom. The lowest BCUT2D eigenvalue weighted by molar-refractivity contribution is -0.116. The van der Waals surface area contributed by atoms with E-state index in [-0.39, 0.29) is 19.4 Å². The second kappa shape index (κ2) is 8.56. The van der Waals surface area contributed by atoms with Crippen molar-refractivity contribution in [2.75, 3.05) is 6.54 Å². The molecule has 0 aliphatic carbocycles. The van der Waals surface area contributed by atoms with Crippen molar-refractivity contribution in [3.63, 3.8) is 0 Å². The van der Waals surface area contributed by atoms with E-state index in [0.29, 0.717) is 0 Å². The summed E-state index contributed by atoms with van der Waals surface area (Å²) < 4.78 is 0. The van der Waals surface area contributed by atoms with Crippen LogP contribution in [0.2, 0.25) is 0 Å². The van der Waals surface area contributed by atoms with Gasteiger partial charge in [-0.25, -0.2) is 0 Å². The van der Waals surface area contributed by atoms with Gasteiger partial charge in [0.1, 0.15) is 0 Å². The van der Waals surface area contributed by atoms with Crippen molar-refractivity contribution in [1.82, 2.24) is 5.32 Å². The van der Waals surface area contributed by atoms with E-state index in [9.17, 15) is 4.79 Å². The van der Waals surface area contributed by atoms with Gasteiger partial charge in [-0.15, -0.1) is 0 Å². The summed E-state index contributed by atoms with van der Waals surface area (Å²) in [4.78, 5) is 10.5. The highest BCUT2D eigenvalue weighted by Gasteiger charge is 1.88. The maximum absolute atomic E-state index is 10.5. The molecule has 0 aromatic heterocycles. The molecule has 0 heterocycles. The number of carbonyl (C=O) groups excluding carboxylic acids is 1. The normalized spacial score (nSPS) is 7.70. The number of carbonyl (C=O) groups is 1. The summed E-state index contributed by atoms with van der Waals surface area (Å²) in [6, 6.07) is 0. The highest BCUT2D eigenvalue weighted by Crippen LogP contribution is 1.81. The fourth-order valence-corrected chi connectivity index (χ4v) is 0.461. The molecule has 2 nitrogen and oxygen atoms in total. The summed E-state index contributed by atoms with van der Waals surface area (Å²) >= 11 is 0. The number of unbranched alkanes of at least 4 members (excludes halogenated alkanes) is 1. The lowest BCUT2D eigenvalue weighted by Crippen LogP contribution is -2.21. The van der Waals surface area contributed by atoms with Crippen molar-refractivity contribution in [3.05, 3.63) is 12.7 Å². The van der Waals surface area contributed by atoms with Gasteiger partial charge in [0.25, 0.3) is 0 Å². The molecule has 0 aromatic carbocycles. The van der Waals surface area contributed by atoms with Gasteiger partial charge in [0.15, 0.2) is 0 Å². The molecule has 0 rings (SSSR count). The van der Waals surface area contributed by atoms with Crippen molar-refractivity contribution in [3.8, 4) is 0 Å². The number of hydrogen-bond acceptors (Lipinski definition) is 1. The Labute approximate surface area is 69.1 Å². The van der Waals surface area contributed by atoms with Gasteiger partial charge in [0.05, 0.1) is 0 Å². The molecule has 0 radical (unpaired) electrons. The van der Waals surface area contributed by atoms with Crippen LogP contribution in [0.25, 0.3) is 0 Å². The predicted molar refractivity (Wildman–Crippen MR) is 48.5 cm³/mol. The molecule has 0 fully saturated rings. The molecule has 0 aromatic rings. The SMILES string of the molecule is C=CC(=O)NCCCC.S. The summed E-state index contributed by atoms with van der Waals surface area (Å²) in [5.74, 6) is -0.0801. The minimum atomic E-state index is -0.0801. The first-order valence-electron chi connectivity index (χ1n) is 3.21. The van der Waals surface area contributed by atoms with Crippen molar-refractivity contribution in [2.45, 2.75) is 19.8 Å². The summed E-state index contributed by atoms with van der Waals surface area (Å²) in [5, 5.41) is 2.68. The van der Waals surface area contributed by atoms with Gasteiger partial charge < -0.3 is 5.32 Å². The van der Waals surface area contributed by atoms with Gasteiger partial charge >= 0.3 is 0 Å². The van der Waals surface area contributed by atoms with Crippen LogP contribution in [0.3, 0.4) is 0 Å². The Kier molecular flexibility index (Phi) is 10.5. The van der Waals surface area contributed by atoms with Crippen LogP contribution in [0.15, 0.2) is 12.7 Å².